The second-order valence-electron chi connectivity index (χ2n) is 19.3. The van der Waals surface area contributed by atoms with Crippen LogP contribution in [0.25, 0.3) is 21.5 Å². The molecule has 0 radical (unpaired) electrons. The van der Waals surface area contributed by atoms with Crippen LogP contribution in [0.15, 0.2) is 121 Å². The first-order valence-corrected chi connectivity index (χ1v) is 26.2. The summed E-state index contributed by atoms with van der Waals surface area (Å²) in [4.78, 5) is 2.32. The van der Waals surface area contributed by atoms with E-state index in [4.69, 9.17) is 0 Å². The molecule has 0 bridgehead atoms. The van der Waals surface area contributed by atoms with Crippen LogP contribution in [0.2, 0.25) is 0 Å². The van der Waals surface area contributed by atoms with Crippen LogP contribution in [0, 0.1) is 0 Å². The van der Waals surface area contributed by atoms with Crippen LogP contribution in [-0.4, -0.2) is 42.1 Å². The molecule has 2 aliphatic rings. The zero-order valence-electron chi connectivity index (χ0n) is 39.3. The molecule has 0 aromatic heterocycles. The number of rotatable bonds is 26. The number of allylic oxidation sites excluding steroid dienone is 8. The summed E-state index contributed by atoms with van der Waals surface area (Å²) in [6.45, 7) is 13.3. The molecule has 5 nitrogen and oxygen atoms in total. The maximum absolute atomic E-state index is 11.3. The van der Waals surface area contributed by atoms with Crippen LogP contribution in [0.3, 0.4) is 0 Å². The van der Waals surface area contributed by atoms with Crippen LogP contribution in [0.5, 0.6) is 0 Å². The standard InChI is InChI=1S/C57H76N2O3S/c1-6-7-8-9-10-11-12-13-14-15-16-17-18-19-23-30-43-58-50-41-39-46-33-26-28-35-48(46)54(50)56(2,3)52(58)37-24-21-20-22-25-38-53-57(4,5)55-49-36-29-27-34-47(49)40-42-51(55)59(53)44-31-32-45-63(60,61)62/h20-22,24-29,33-42H,6-19,23,30-32,43-45H2,1-5H3. The highest BCUT2D eigenvalue weighted by atomic mass is 32.2. The first-order chi connectivity index (χ1) is 30.4. The summed E-state index contributed by atoms with van der Waals surface area (Å²) < 4.78 is 36.6. The summed E-state index contributed by atoms with van der Waals surface area (Å²) in [5.74, 6) is -0.331. The van der Waals surface area contributed by atoms with E-state index in [2.05, 4.69) is 159 Å². The van der Waals surface area contributed by atoms with Gasteiger partial charge in [0.2, 0.25) is 5.69 Å². The number of unbranched alkanes of at least 4 members (excludes halogenated alkanes) is 16. The first-order valence-electron chi connectivity index (χ1n) is 24.6. The molecule has 2 heterocycles. The van der Waals surface area contributed by atoms with Gasteiger partial charge in [0, 0.05) is 53.2 Å². The Kier molecular flexibility index (Phi) is 17.7. The Balaban J connectivity index is 1.09. The molecular weight excluding hydrogens is 793 g/mol. The van der Waals surface area contributed by atoms with Gasteiger partial charge in [0.25, 0.3) is 0 Å². The van der Waals surface area contributed by atoms with E-state index in [0.29, 0.717) is 19.4 Å². The molecule has 4 aromatic carbocycles. The van der Waals surface area contributed by atoms with E-state index >= 15 is 0 Å². The van der Waals surface area contributed by atoms with Crippen LogP contribution in [0.1, 0.15) is 161 Å². The average Bonchev–Trinajstić information content (AvgIpc) is 3.62. The van der Waals surface area contributed by atoms with Crippen molar-refractivity contribution in [1.29, 1.82) is 0 Å². The van der Waals surface area contributed by atoms with Gasteiger partial charge in [-0.25, -0.2) is 8.42 Å². The molecule has 2 aliphatic heterocycles. The van der Waals surface area contributed by atoms with Gasteiger partial charge in [-0.3, -0.25) is 0 Å². The van der Waals surface area contributed by atoms with Crippen LogP contribution in [-0.2, 0) is 20.9 Å². The summed E-state index contributed by atoms with van der Waals surface area (Å²) in [6, 6.07) is 26.3. The summed E-state index contributed by atoms with van der Waals surface area (Å²) in [7, 11) is -4.24. The number of fused-ring (bicyclic) bond motifs is 6. The van der Waals surface area contributed by atoms with Crippen molar-refractivity contribution in [3.8, 4) is 0 Å². The van der Waals surface area contributed by atoms with Gasteiger partial charge in [0.15, 0.2) is 5.71 Å². The Bertz CT molecular complexity index is 2400. The van der Waals surface area contributed by atoms with E-state index < -0.39 is 10.1 Å². The van der Waals surface area contributed by atoms with Crippen molar-refractivity contribution in [2.75, 3.05) is 23.7 Å². The smallest absolute Gasteiger partial charge is 0.210 e. The van der Waals surface area contributed by atoms with Gasteiger partial charge in [0.1, 0.15) is 6.54 Å². The molecule has 0 saturated carbocycles. The van der Waals surface area contributed by atoms with Crippen molar-refractivity contribution >= 4 is 48.7 Å². The zero-order valence-corrected chi connectivity index (χ0v) is 40.2. The van der Waals surface area contributed by atoms with Crippen molar-refractivity contribution in [2.24, 2.45) is 0 Å². The SMILES string of the molecule is CCCCCCCCCCCCCCCCCC[N+]1=C(\C=C/C=C/C=C/C=C2/N(CCCCS(=O)(=O)[O-])c3ccc4ccccc4c3C2(C)C)C(C)(C)c2c1ccc1ccccc21. The van der Waals surface area contributed by atoms with Gasteiger partial charge < -0.3 is 9.45 Å². The molecule has 338 valence electrons. The monoisotopic (exact) mass is 869 g/mol. The summed E-state index contributed by atoms with van der Waals surface area (Å²) in [5, 5.41) is 5.08. The number of nitrogens with zero attached hydrogens (tertiary/aromatic N) is 2. The summed E-state index contributed by atoms with van der Waals surface area (Å²) in [6.07, 6.45) is 38.2. The molecule has 4 aromatic rings. The molecule has 0 saturated heterocycles. The third kappa shape index (κ3) is 12.5. The Morgan fingerprint density at radius 2 is 1.10 bits per heavy atom. The summed E-state index contributed by atoms with van der Waals surface area (Å²) in [5.41, 5.74) is 7.32. The highest BCUT2D eigenvalue weighted by Gasteiger charge is 2.45. The highest BCUT2D eigenvalue weighted by molar-refractivity contribution is 7.85. The fraction of sp³-hybridized carbons (Fsp3) is 0.491. The normalized spacial score (nSPS) is 16.6. The fourth-order valence-corrected chi connectivity index (χ4v) is 11.0. The minimum absolute atomic E-state index is 0.135. The quantitative estimate of drug-likeness (QED) is 0.0273. The minimum atomic E-state index is -4.24. The van der Waals surface area contributed by atoms with E-state index in [0.717, 1.165) is 17.9 Å². The number of anilines is 1. The van der Waals surface area contributed by atoms with Crippen molar-refractivity contribution in [3.63, 3.8) is 0 Å². The van der Waals surface area contributed by atoms with E-state index in [9.17, 15) is 13.0 Å². The largest absolute Gasteiger partial charge is 0.748 e. The van der Waals surface area contributed by atoms with Crippen molar-refractivity contribution < 1.29 is 17.5 Å². The van der Waals surface area contributed by atoms with Gasteiger partial charge >= 0.3 is 0 Å². The second-order valence-corrected chi connectivity index (χ2v) is 20.8. The summed E-state index contributed by atoms with van der Waals surface area (Å²) >= 11 is 0. The molecule has 63 heavy (non-hydrogen) atoms. The fourth-order valence-electron chi connectivity index (χ4n) is 10.4. The third-order valence-corrected chi connectivity index (χ3v) is 14.5. The van der Waals surface area contributed by atoms with Crippen LogP contribution in [0.4, 0.5) is 11.4 Å². The predicted molar refractivity (Wildman–Crippen MR) is 270 cm³/mol. The lowest BCUT2D eigenvalue weighted by Crippen LogP contribution is -2.28. The number of hydrogen-bond acceptors (Lipinski definition) is 4. The van der Waals surface area contributed by atoms with E-state index in [1.54, 1.807) is 0 Å². The van der Waals surface area contributed by atoms with Gasteiger partial charge in [-0.2, -0.15) is 4.58 Å². The molecule has 0 spiro atoms. The lowest BCUT2D eigenvalue weighted by Gasteiger charge is -2.27. The third-order valence-electron chi connectivity index (χ3n) is 13.7. The van der Waals surface area contributed by atoms with E-state index in [1.165, 1.54) is 147 Å². The highest BCUT2D eigenvalue weighted by Crippen LogP contribution is 2.51. The molecule has 0 aliphatic carbocycles. The number of hydrogen-bond donors (Lipinski definition) is 0. The lowest BCUT2D eigenvalue weighted by molar-refractivity contribution is -0.438. The van der Waals surface area contributed by atoms with E-state index in [-0.39, 0.29) is 16.6 Å². The molecule has 6 heteroatoms. The molecule has 0 unspecified atom stereocenters. The van der Waals surface area contributed by atoms with Crippen LogP contribution < -0.4 is 4.90 Å². The topological polar surface area (TPSA) is 63.5 Å². The van der Waals surface area contributed by atoms with Gasteiger partial charge in [-0.1, -0.05) is 196 Å². The molecule has 0 atom stereocenters. The van der Waals surface area contributed by atoms with Gasteiger partial charge in [-0.15, -0.1) is 0 Å². The second kappa shape index (κ2) is 23.1. The van der Waals surface area contributed by atoms with E-state index in [1.807, 2.05) is 0 Å². The van der Waals surface area contributed by atoms with Crippen LogP contribution >= 0.6 is 0 Å². The molecule has 6 rings (SSSR count). The molecule has 0 amide bonds. The Labute approximate surface area is 381 Å². The Morgan fingerprint density at radius 1 is 0.571 bits per heavy atom. The minimum Gasteiger partial charge on any atom is -0.748 e. The molecular formula is C57H76N2O3S. The molecule has 0 N–H and O–H groups in total. The average molecular weight is 869 g/mol. The van der Waals surface area contributed by atoms with Crippen molar-refractivity contribution in [3.05, 3.63) is 132 Å². The zero-order chi connectivity index (χ0) is 44.7. The maximum atomic E-state index is 11.3. The Morgan fingerprint density at radius 3 is 1.70 bits per heavy atom. The number of benzene rings is 4. The first kappa shape index (κ1) is 48.2. The molecule has 0 fully saturated rings. The van der Waals surface area contributed by atoms with Gasteiger partial charge in [-0.05, 0) is 78.4 Å². The lowest BCUT2D eigenvalue weighted by atomic mass is 9.79. The van der Waals surface area contributed by atoms with Crippen molar-refractivity contribution in [1.82, 2.24) is 0 Å². The maximum Gasteiger partial charge on any atom is 0.210 e. The van der Waals surface area contributed by atoms with Gasteiger partial charge in [0.05, 0.1) is 15.5 Å². The van der Waals surface area contributed by atoms with Crippen molar-refractivity contribution in [2.45, 2.75) is 161 Å². The predicted octanol–water partition coefficient (Wildman–Crippen LogP) is 15.3. The Hall–Kier alpha value is -4.26.